The first kappa shape index (κ1) is 58.4. The summed E-state index contributed by atoms with van der Waals surface area (Å²) in [5.74, 6) is -2.68. The van der Waals surface area contributed by atoms with Crippen molar-refractivity contribution in [2.45, 2.75) is 230 Å². The van der Waals surface area contributed by atoms with E-state index in [2.05, 4.69) is 33.8 Å². The largest absolute Gasteiger partial charge is 0.495 e. The van der Waals surface area contributed by atoms with Crippen molar-refractivity contribution in [2.24, 2.45) is 44.8 Å². The fourth-order valence-corrected chi connectivity index (χ4v) is 17.4. The fourth-order valence-electron chi connectivity index (χ4n) is 17.4. The molecule has 446 valence electrons. The van der Waals surface area contributed by atoms with Crippen LogP contribution in [0.2, 0.25) is 0 Å². The quantitative estimate of drug-likeness (QED) is 0.103. The molecule has 0 amide bonds. The van der Waals surface area contributed by atoms with Gasteiger partial charge in [-0.25, -0.2) is 0 Å². The van der Waals surface area contributed by atoms with Crippen LogP contribution < -0.4 is 14.9 Å². The smallest absolute Gasteiger partial charge is 0.303 e. The predicted octanol–water partition coefficient (Wildman–Crippen LogP) is 2.80. The lowest BCUT2D eigenvalue weighted by Crippen LogP contribution is -2.63. The molecular formula is C59H84O21. The summed E-state index contributed by atoms with van der Waals surface area (Å²) in [6.45, 7) is 17.5. The second-order valence-corrected chi connectivity index (χ2v) is 27.2. The highest BCUT2D eigenvalue weighted by Crippen LogP contribution is 2.88. The molecule has 2 aromatic rings. The van der Waals surface area contributed by atoms with Gasteiger partial charge < -0.3 is 93.0 Å². The summed E-state index contributed by atoms with van der Waals surface area (Å²) in [7, 11) is 1.42. The van der Waals surface area contributed by atoms with Crippen molar-refractivity contribution in [3.05, 3.63) is 45.3 Å². The Morgan fingerprint density at radius 2 is 1.64 bits per heavy atom. The van der Waals surface area contributed by atoms with E-state index in [9.17, 15) is 55.5 Å². The molecular weight excluding hydrogens is 1040 g/mol. The SMILES string of the molecule is COc1c2c(cc3oc(CO[C@@H]4O[C@H](COC(C)(C)[C@H](OC(C)=O)[C@H]5C[C@@H](C)[C@H]6[C@@](O)(O5)[C@H](O)[C@@]5(C)C7=CC[C@H]8C(C)(C)[C@@H](O[C@@H]9OC[C@@H](O)[C@H](O)[C@H]9O)CC[C@@]89C[C@@]79CC[C@]65C)[C@@H](O)[C@H](O)[C@H]4O)cc(=O)c13)O[C@H](C(C)(C)O)C2. The van der Waals surface area contributed by atoms with Gasteiger partial charge in [0.2, 0.25) is 0 Å². The van der Waals surface area contributed by atoms with Crippen LogP contribution in [0.5, 0.6) is 11.5 Å². The van der Waals surface area contributed by atoms with E-state index in [1.165, 1.54) is 20.1 Å². The molecule has 5 aliphatic carbocycles. The Morgan fingerprint density at radius 3 is 2.33 bits per heavy atom. The van der Waals surface area contributed by atoms with Gasteiger partial charge in [-0.1, -0.05) is 46.3 Å². The number of esters is 1. The zero-order valence-corrected chi connectivity index (χ0v) is 47.7. The van der Waals surface area contributed by atoms with Gasteiger partial charge in [-0.2, -0.15) is 0 Å². The number of carbonyl (C=O) groups is 1. The van der Waals surface area contributed by atoms with E-state index < -0.39 is 138 Å². The van der Waals surface area contributed by atoms with Crippen LogP contribution in [0.4, 0.5) is 0 Å². The minimum Gasteiger partial charge on any atom is -0.495 e. The maximum absolute atomic E-state index is 13.6. The standard InChI is InChI=1S/C59H84O21/c1-26-18-34(80-59(70)47(26)55(9)16-17-58-25-57(58)15-14-38(79-50-44(66)41(63)31(62)23-73-50)52(3,4)36(57)12-13-37(58)56(55,10)51(59)68)48(75-27(2)60)54(7,8)74-24-35-42(64)43(65)45(67)49(78-35)72-22-28-19-30(61)40-33(76-28)21-32-29(46(40)71-11)20-39(77-32)53(5,6)69/h13,19,21,26,31,34-36,38-39,41-45,47-51,62-70H,12,14-18,20,22-25H2,1-11H3/t26-,31-,34-,35-,36+,38+,39+,41+,42-,43+,44-,45-,47-,48-,49-,50+,51-,55-,56-,57-,58+,59-/m1/s1. The topological polar surface area (TPSA) is 312 Å². The summed E-state index contributed by atoms with van der Waals surface area (Å²) in [6.07, 6.45) is -9.99. The molecule has 80 heavy (non-hydrogen) atoms. The van der Waals surface area contributed by atoms with Crippen LogP contribution in [0, 0.1) is 44.8 Å². The summed E-state index contributed by atoms with van der Waals surface area (Å²) >= 11 is 0. The normalized spacial score (nSPS) is 45.0. The molecule has 5 heterocycles. The van der Waals surface area contributed by atoms with E-state index in [4.69, 9.17) is 47.0 Å². The number of methoxy groups -OCH3 is 1. The highest BCUT2D eigenvalue weighted by molar-refractivity contribution is 5.87. The maximum Gasteiger partial charge on any atom is 0.303 e. The van der Waals surface area contributed by atoms with Crippen LogP contribution in [0.1, 0.15) is 126 Å². The van der Waals surface area contributed by atoms with E-state index in [1.807, 2.05) is 6.92 Å². The summed E-state index contributed by atoms with van der Waals surface area (Å²) in [6, 6.07) is 2.75. The van der Waals surface area contributed by atoms with E-state index in [0.29, 0.717) is 43.4 Å². The van der Waals surface area contributed by atoms with E-state index in [-0.39, 0.29) is 63.3 Å². The van der Waals surface area contributed by atoms with Gasteiger partial charge >= 0.3 is 5.97 Å². The van der Waals surface area contributed by atoms with Crippen molar-refractivity contribution in [3.63, 3.8) is 0 Å². The molecule has 4 saturated carbocycles. The lowest BCUT2D eigenvalue weighted by atomic mass is 9.44. The third-order valence-electron chi connectivity index (χ3n) is 21.7. The van der Waals surface area contributed by atoms with Gasteiger partial charge in [-0.3, -0.25) is 9.59 Å². The van der Waals surface area contributed by atoms with Crippen molar-refractivity contribution in [3.8, 4) is 11.5 Å². The Kier molecular flexibility index (Phi) is 14.3. The Labute approximate surface area is 465 Å². The van der Waals surface area contributed by atoms with Gasteiger partial charge in [0, 0.05) is 42.4 Å². The number of allylic oxidation sites excluding steroid dienone is 1. The average molecular weight is 1130 g/mol. The summed E-state index contributed by atoms with van der Waals surface area (Å²) < 4.78 is 61.2. The summed E-state index contributed by atoms with van der Waals surface area (Å²) in [4.78, 5) is 26.6. The fraction of sp³-hybridized carbons (Fsp3) is 0.797. The average Bonchev–Trinajstić information content (AvgIpc) is 1.89. The number of fused-ring (bicyclic) bond motifs is 6. The number of carbonyl (C=O) groups excluding carboxylic acids is 1. The second kappa shape index (κ2) is 19.6. The van der Waals surface area contributed by atoms with Gasteiger partial charge in [-0.15, -0.1) is 0 Å². The molecule has 9 aliphatic rings. The Hall–Kier alpha value is -3.36. The number of rotatable bonds is 13. The molecule has 1 aromatic carbocycles. The first-order chi connectivity index (χ1) is 37.3. The molecule has 0 unspecified atom stereocenters. The third-order valence-corrected chi connectivity index (χ3v) is 21.7. The molecule has 0 bridgehead atoms. The van der Waals surface area contributed by atoms with Gasteiger partial charge in [0.15, 0.2) is 29.9 Å². The molecule has 1 aromatic heterocycles. The molecule has 0 radical (unpaired) electrons. The zero-order chi connectivity index (χ0) is 58.0. The Bertz CT molecular complexity index is 2830. The third kappa shape index (κ3) is 8.55. The minimum atomic E-state index is -2.09. The second-order valence-electron chi connectivity index (χ2n) is 27.2. The van der Waals surface area contributed by atoms with Gasteiger partial charge in [0.25, 0.3) is 0 Å². The van der Waals surface area contributed by atoms with E-state index in [0.717, 1.165) is 24.8 Å². The van der Waals surface area contributed by atoms with Crippen LogP contribution in [-0.4, -0.2) is 175 Å². The van der Waals surface area contributed by atoms with Crippen LogP contribution in [0.3, 0.4) is 0 Å². The van der Waals surface area contributed by atoms with Gasteiger partial charge in [0.1, 0.15) is 101 Å². The maximum atomic E-state index is 13.6. The number of hydrogen-bond acceptors (Lipinski definition) is 21. The van der Waals surface area contributed by atoms with E-state index in [1.54, 1.807) is 33.8 Å². The highest BCUT2D eigenvalue weighted by atomic mass is 16.7. The van der Waals surface area contributed by atoms with Crippen LogP contribution >= 0.6 is 0 Å². The number of hydrogen-bond donors (Lipinski definition) is 9. The number of benzene rings is 1. The molecule has 3 saturated heterocycles. The highest BCUT2D eigenvalue weighted by Gasteiger charge is 2.85. The van der Waals surface area contributed by atoms with Crippen molar-refractivity contribution >= 4 is 16.9 Å². The monoisotopic (exact) mass is 1130 g/mol. The Morgan fingerprint density at radius 1 is 0.925 bits per heavy atom. The van der Waals surface area contributed by atoms with Crippen LogP contribution in [0.25, 0.3) is 11.0 Å². The lowest BCUT2D eigenvalue weighted by Gasteiger charge is -2.60. The van der Waals surface area contributed by atoms with E-state index >= 15 is 0 Å². The first-order valence-corrected chi connectivity index (χ1v) is 28.6. The van der Waals surface area contributed by atoms with Crippen LogP contribution in [-0.2, 0) is 51.0 Å². The number of aliphatic hydroxyl groups is 9. The first-order valence-electron chi connectivity index (χ1n) is 28.6. The molecule has 21 nitrogen and oxygen atoms in total. The molecule has 9 N–H and O–H groups in total. The number of ether oxygens (including phenoxy) is 9. The molecule has 11 rings (SSSR count). The van der Waals surface area contributed by atoms with Gasteiger partial charge in [-0.05, 0) is 106 Å². The predicted molar refractivity (Wildman–Crippen MR) is 280 cm³/mol. The van der Waals surface area contributed by atoms with Gasteiger partial charge in [0.05, 0.1) is 32.0 Å². The van der Waals surface area contributed by atoms with Crippen molar-refractivity contribution in [1.82, 2.24) is 0 Å². The lowest BCUT2D eigenvalue weighted by molar-refractivity contribution is -0.345. The Balaban J connectivity index is 0.789. The van der Waals surface area contributed by atoms with Crippen molar-refractivity contribution < 1.29 is 97.8 Å². The minimum absolute atomic E-state index is 0.0319. The van der Waals surface area contributed by atoms with Crippen molar-refractivity contribution in [2.75, 3.05) is 20.3 Å². The molecule has 2 spiro atoms. The molecule has 7 fully saturated rings. The summed E-state index contributed by atoms with van der Waals surface area (Å²) in [5, 5.41) is 102. The van der Waals surface area contributed by atoms with Crippen LogP contribution in [0.15, 0.2) is 33.0 Å². The molecule has 22 atom stereocenters. The molecule has 4 aliphatic heterocycles. The number of aliphatic hydroxyl groups excluding tert-OH is 7. The molecule has 21 heteroatoms. The zero-order valence-electron chi connectivity index (χ0n) is 47.7. The van der Waals surface area contributed by atoms with Crippen molar-refractivity contribution in [1.29, 1.82) is 0 Å². The summed E-state index contributed by atoms with van der Waals surface area (Å²) in [5.41, 5.74) is -3.45.